The zero-order chi connectivity index (χ0) is 23.6. The van der Waals surface area contributed by atoms with Crippen LogP contribution in [0.25, 0.3) is 17.1 Å². The molecule has 4 aromatic rings. The standard InChI is InChI=1S/C24H21F3N4O2/c1-30-12-4-7-21(30)20-14-22(31(29-20)18-8-10-19(33-2)11-9-18)23(32)28-15-16-5-3-6-17(13-16)24(25,26)27/h3-14H,15H2,1-2H3,(H,28,32). The van der Waals surface area contributed by atoms with E-state index < -0.39 is 17.6 Å². The van der Waals surface area contributed by atoms with Crippen LogP contribution in [0.4, 0.5) is 13.2 Å². The summed E-state index contributed by atoms with van der Waals surface area (Å²) in [5.74, 6) is 0.195. The van der Waals surface area contributed by atoms with Crippen LogP contribution in [0.2, 0.25) is 0 Å². The maximum atomic E-state index is 13.1. The number of rotatable bonds is 6. The molecule has 0 bridgehead atoms. The van der Waals surface area contributed by atoms with E-state index in [4.69, 9.17) is 4.74 Å². The van der Waals surface area contributed by atoms with E-state index in [1.807, 2.05) is 29.9 Å². The molecule has 4 rings (SSSR count). The number of aryl methyl sites for hydroxylation is 1. The van der Waals surface area contributed by atoms with Crippen LogP contribution < -0.4 is 10.1 Å². The van der Waals surface area contributed by atoms with Gasteiger partial charge in [0, 0.05) is 19.8 Å². The van der Waals surface area contributed by atoms with Crippen molar-refractivity contribution in [2.45, 2.75) is 12.7 Å². The Hall–Kier alpha value is -4.01. The van der Waals surface area contributed by atoms with E-state index in [-0.39, 0.29) is 12.2 Å². The lowest BCUT2D eigenvalue weighted by molar-refractivity contribution is -0.137. The Morgan fingerprint density at radius 1 is 1.06 bits per heavy atom. The molecule has 0 saturated heterocycles. The molecule has 6 nitrogen and oxygen atoms in total. The molecule has 1 N–H and O–H groups in total. The minimum Gasteiger partial charge on any atom is -0.497 e. The number of hydrogen-bond acceptors (Lipinski definition) is 3. The minimum absolute atomic E-state index is 0.0595. The van der Waals surface area contributed by atoms with E-state index in [0.717, 1.165) is 17.8 Å². The third-order valence-electron chi connectivity index (χ3n) is 5.17. The van der Waals surface area contributed by atoms with Crippen LogP contribution in [-0.4, -0.2) is 27.4 Å². The summed E-state index contributed by atoms with van der Waals surface area (Å²) in [7, 11) is 3.43. The zero-order valence-corrected chi connectivity index (χ0v) is 17.9. The maximum absolute atomic E-state index is 13.1. The van der Waals surface area contributed by atoms with Crippen LogP contribution in [0.1, 0.15) is 21.6 Å². The van der Waals surface area contributed by atoms with E-state index in [9.17, 15) is 18.0 Å². The van der Waals surface area contributed by atoms with Crippen LogP contribution in [0.15, 0.2) is 72.9 Å². The van der Waals surface area contributed by atoms with E-state index >= 15 is 0 Å². The second-order valence-corrected chi connectivity index (χ2v) is 7.41. The first-order valence-electron chi connectivity index (χ1n) is 10.1. The number of amides is 1. The summed E-state index contributed by atoms with van der Waals surface area (Å²) in [6.45, 7) is -0.0595. The average molecular weight is 454 g/mol. The van der Waals surface area contributed by atoms with Crippen LogP contribution in [0.5, 0.6) is 5.75 Å². The number of alkyl halides is 3. The molecule has 0 unspecified atom stereocenters. The fraction of sp³-hybridized carbons (Fsp3) is 0.167. The van der Waals surface area contributed by atoms with Crippen LogP contribution in [0.3, 0.4) is 0 Å². The SMILES string of the molecule is COc1ccc(-n2nc(-c3cccn3C)cc2C(=O)NCc2cccc(C(F)(F)F)c2)cc1. The van der Waals surface area contributed by atoms with Crippen molar-refractivity contribution in [2.75, 3.05) is 7.11 Å². The predicted molar refractivity (Wildman–Crippen MR) is 117 cm³/mol. The van der Waals surface area contributed by atoms with Crippen LogP contribution >= 0.6 is 0 Å². The van der Waals surface area contributed by atoms with Gasteiger partial charge in [0.15, 0.2) is 0 Å². The molecular formula is C24H21F3N4O2. The molecule has 0 aliphatic carbocycles. The summed E-state index contributed by atoms with van der Waals surface area (Å²) in [4.78, 5) is 13.1. The lowest BCUT2D eigenvalue weighted by Gasteiger charge is -2.11. The molecule has 1 amide bonds. The lowest BCUT2D eigenvalue weighted by Crippen LogP contribution is -2.25. The Labute approximate surface area is 188 Å². The highest BCUT2D eigenvalue weighted by atomic mass is 19.4. The molecule has 9 heteroatoms. The molecule has 0 atom stereocenters. The van der Waals surface area contributed by atoms with Crippen LogP contribution in [0, 0.1) is 0 Å². The number of carbonyl (C=O) groups is 1. The Morgan fingerprint density at radius 2 is 1.82 bits per heavy atom. The van der Waals surface area contributed by atoms with Gasteiger partial charge in [0.05, 0.1) is 24.1 Å². The molecule has 0 radical (unpaired) electrons. The maximum Gasteiger partial charge on any atom is 0.416 e. The first-order valence-corrected chi connectivity index (χ1v) is 10.1. The summed E-state index contributed by atoms with van der Waals surface area (Å²) in [6.07, 6.45) is -2.58. The van der Waals surface area contributed by atoms with Crippen molar-refractivity contribution >= 4 is 5.91 Å². The average Bonchev–Trinajstić information content (AvgIpc) is 3.43. The van der Waals surface area contributed by atoms with Gasteiger partial charge in [0.25, 0.3) is 5.91 Å². The van der Waals surface area contributed by atoms with Gasteiger partial charge in [-0.1, -0.05) is 12.1 Å². The highest BCUT2D eigenvalue weighted by molar-refractivity contribution is 5.94. The number of ether oxygens (including phenoxy) is 1. The number of methoxy groups -OCH3 is 1. The van der Waals surface area contributed by atoms with Gasteiger partial charge in [-0.15, -0.1) is 0 Å². The number of nitrogens with zero attached hydrogens (tertiary/aromatic N) is 3. The number of hydrogen-bond donors (Lipinski definition) is 1. The first-order chi connectivity index (χ1) is 15.8. The third-order valence-corrected chi connectivity index (χ3v) is 5.17. The van der Waals surface area contributed by atoms with Gasteiger partial charge >= 0.3 is 6.18 Å². The lowest BCUT2D eigenvalue weighted by atomic mass is 10.1. The van der Waals surface area contributed by atoms with Crippen molar-refractivity contribution in [1.29, 1.82) is 0 Å². The summed E-state index contributed by atoms with van der Waals surface area (Å²) >= 11 is 0. The number of halogens is 3. The van der Waals surface area contributed by atoms with Gasteiger partial charge in [0.2, 0.25) is 0 Å². The van der Waals surface area contributed by atoms with E-state index in [2.05, 4.69) is 10.4 Å². The topological polar surface area (TPSA) is 61.1 Å². The molecule has 0 saturated carbocycles. The molecule has 33 heavy (non-hydrogen) atoms. The van der Waals surface area contributed by atoms with Gasteiger partial charge in [-0.3, -0.25) is 4.79 Å². The quantitative estimate of drug-likeness (QED) is 0.454. The van der Waals surface area contributed by atoms with Crippen LogP contribution in [-0.2, 0) is 19.8 Å². The van der Waals surface area contributed by atoms with E-state index in [1.54, 1.807) is 37.4 Å². The van der Waals surface area contributed by atoms with Crippen molar-refractivity contribution in [2.24, 2.45) is 7.05 Å². The second kappa shape index (κ2) is 8.85. The number of benzene rings is 2. The molecule has 0 fully saturated rings. The normalized spacial score (nSPS) is 11.4. The van der Waals surface area contributed by atoms with Gasteiger partial charge in [-0.05, 0) is 60.2 Å². The van der Waals surface area contributed by atoms with Gasteiger partial charge in [-0.25, -0.2) is 4.68 Å². The van der Waals surface area contributed by atoms with E-state index in [0.29, 0.717) is 22.7 Å². The van der Waals surface area contributed by atoms with Gasteiger partial charge < -0.3 is 14.6 Å². The fourth-order valence-electron chi connectivity index (χ4n) is 3.45. The molecule has 170 valence electrons. The Balaban J connectivity index is 1.64. The van der Waals surface area contributed by atoms with Crippen molar-refractivity contribution in [3.05, 3.63) is 89.7 Å². The summed E-state index contributed by atoms with van der Waals surface area (Å²) in [5, 5.41) is 7.31. The Kier molecular flexibility index (Phi) is 5.95. The number of nitrogens with one attached hydrogen (secondary N) is 1. The molecule has 2 aromatic heterocycles. The smallest absolute Gasteiger partial charge is 0.416 e. The first kappa shape index (κ1) is 22.2. The zero-order valence-electron chi connectivity index (χ0n) is 17.9. The molecule has 0 spiro atoms. The fourth-order valence-corrected chi connectivity index (χ4v) is 3.45. The van der Waals surface area contributed by atoms with Crippen molar-refractivity contribution in [1.82, 2.24) is 19.7 Å². The Bertz CT molecular complexity index is 1270. The molecule has 0 aliphatic rings. The highest BCUT2D eigenvalue weighted by Gasteiger charge is 2.30. The summed E-state index contributed by atoms with van der Waals surface area (Å²) in [6, 6.07) is 17.3. The van der Waals surface area contributed by atoms with Gasteiger partial charge in [0.1, 0.15) is 17.1 Å². The summed E-state index contributed by atoms with van der Waals surface area (Å²) in [5.41, 5.74) is 1.88. The third kappa shape index (κ3) is 4.77. The number of carbonyl (C=O) groups excluding carboxylic acids is 1. The van der Waals surface area contributed by atoms with Crippen molar-refractivity contribution in [3.8, 4) is 22.8 Å². The second-order valence-electron chi connectivity index (χ2n) is 7.41. The van der Waals surface area contributed by atoms with E-state index in [1.165, 1.54) is 16.8 Å². The molecule has 0 aliphatic heterocycles. The minimum atomic E-state index is -4.45. The number of aromatic nitrogens is 3. The largest absolute Gasteiger partial charge is 0.497 e. The van der Waals surface area contributed by atoms with Crippen molar-refractivity contribution in [3.63, 3.8) is 0 Å². The van der Waals surface area contributed by atoms with Gasteiger partial charge in [-0.2, -0.15) is 18.3 Å². The molecular weight excluding hydrogens is 433 g/mol. The van der Waals surface area contributed by atoms with Crippen molar-refractivity contribution < 1.29 is 22.7 Å². The monoisotopic (exact) mass is 454 g/mol. The Morgan fingerprint density at radius 3 is 2.45 bits per heavy atom. The summed E-state index contributed by atoms with van der Waals surface area (Å²) < 4.78 is 47.5. The highest BCUT2D eigenvalue weighted by Crippen LogP contribution is 2.29. The molecule has 2 aromatic carbocycles. The molecule has 2 heterocycles. The predicted octanol–water partition coefficient (Wildman–Crippen LogP) is 4.84.